The minimum absolute atomic E-state index is 0.297. The Morgan fingerprint density at radius 1 is 1.16 bits per heavy atom. The van der Waals surface area contributed by atoms with Crippen molar-refractivity contribution in [2.75, 3.05) is 18.4 Å². The van der Waals surface area contributed by atoms with Gasteiger partial charge in [-0.2, -0.15) is 5.10 Å². The summed E-state index contributed by atoms with van der Waals surface area (Å²) in [6.45, 7) is 4.23. The second-order valence-electron chi connectivity index (χ2n) is 9.34. The highest BCUT2D eigenvalue weighted by Crippen LogP contribution is 2.31. The summed E-state index contributed by atoms with van der Waals surface area (Å²) in [4.78, 5) is 24.1. The molecule has 0 bridgehead atoms. The lowest BCUT2D eigenvalue weighted by Gasteiger charge is -2.17. The van der Waals surface area contributed by atoms with Crippen LogP contribution in [0.2, 0.25) is 0 Å². The summed E-state index contributed by atoms with van der Waals surface area (Å²) in [5, 5.41) is 11.8. The molecule has 1 aliphatic heterocycles. The van der Waals surface area contributed by atoms with Crippen molar-refractivity contribution < 1.29 is 4.79 Å². The molecule has 1 saturated carbocycles. The lowest BCUT2D eigenvalue weighted by atomic mass is 10.0. The van der Waals surface area contributed by atoms with Gasteiger partial charge in [0.1, 0.15) is 0 Å². The highest BCUT2D eigenvalue weighted by Gasteiger charge is 2.29. The largest absolute Gasteiger partial charge is 0.362 e. The summed E-state index contributed by atoms with van der Waals surface area (Å²) in [6.07, 6.45) is 8.04. The number of nitrogens with zero attached hydrogens (tertiary/aromatic N) is 4. The Bertz CT molecular complexity index is 1090. The normalized spacial score (nSPS) is 19.2. The van der Waals surface area contributed by atoms with Crippen molar-refractivity contribution in [3.8, 4) is 0 Å². The van der Waals surface area contributed by atoms with Gasteiger partial charge in [-0.1, -0.05) is 31.7 Å². The monoisotopic (exact) mass is 432 g/mol. The van der Waals surface area contributed by atoms with Crippen molar-refractivity contribution >= 4 is 22.8 Å². The van der Waals surface area contributed by atoms with Crippen molar-refractivity contribution in [1.29, 1.82) is 0 Å². The molecule has 3 aromatic rings. The Morgan fingerprint density at radius 2 is 2.03 bits per heavy atom. The average molecular weight is 433 g/mol. The molecule has 1 saturated heterocycles. The standard InChI is InChI=1S/C25H32N6O/c1-17-5-4-8-20(27-17)15-26-24-21-10-11-22(28-25(21)30-29-24)19-13-14-31(16-19)23(32)12-9-18-6-2-3-7-18/h4-5,8,10-11,18-19H,2-3,6-7,9,12-16H2,1H3,(H2,26,28,29,30). The zero-order chi connectivity index (χ0) is 21.9. The van der Waals surface area contributed by atoms with Crippen LogP contribution in [-0.4, -0.2) is 44.1 Å². The van der Waals surface area contributed by atoms with Crippen LogP contribution in [0.25, 0.3) is 11.0 Å². The van der Waals surface area contributed by atoms with Gasteiger partial charge in [-0.3, -0.25) is 14.9 Å². The predicted octanol–water partition coefficient (Wildman–Crippen LogP) is 4.56. The summed E-state index contributed by atoms with van der Waals surface area (Å²) >= 11 is 0. The van der Waals surface area contributed by atoms with E-state index in [4.69, 9.17) is 4.98 Å². The van der Waals surface area contributed by atoms with E-state index in [2.05, 4.69) is 32.6 Å². The van der Waals surface area contributed by atoms with E-state index in [0.29, 0.717) is 24.8 Å². The molecule has 1 amide bonds. The minimum atomic E-state index is 0.297. The number of nitrogens with one attached hydrogen (secondary N) is 2. The van der Waals surface area contributed by atoms with Gasteiger partial charge in [0.05, 0.1) is 17.6 Å². The zero-order valence-corrected chi connectivity index (χ0v) is 18.8. The van der Waals surface area contributed by atoms with Crippen LogP contribution >= 0.6 is 0 Å². The number of rotatable bonds is 7. The van der Waals surface area contributed by atoms with Crippen LogP contribution in [0.3, 0.4) is 0 Å². The van der Waals surface area contributed by atoms with Crippen molar-refractivity contribution in [1.82, 2.24) is 25.1 Å². The molecule has 1 atom stereocenters. The molecule has 1 aliphatic carbocycles. The first-order valence-electron chi connectivity index (χ1n) is 11.9. The molecular formula is C25H32N6O. The number of amides is 1. The Balaban J connectivity index is 1.19. The first-order valence-corrected chi connectivity index (χ1v) is 11.9. The summed E-state index contributed by atoms with van der Waals surface area (Å²) < 4.78 is 0. The van der Waals surface area contributed by atoms with Gasteiger partial charge >= 0.3 is 0 Å². The Hall–Kier alpha value is -2.96. The van der Waals surface area contributed by atoms with Gasteiger partial charge in [0.15, 0.2) is 11.5 Å². The molecule has 3 aromatic heterocycles. The van der Waals surface area contributed by atoms with Gasteiger partial charge in [0, 0.05) is 36.8 Å². The number of hydrogen-bond donors (Lipinski definition) is 2. The predicted molar refractivity (Wildman–Crippen MR) is 125 cm³/mol. The van der Waals surface area contributed by atoms with E-state index in [-0.39, 0.29) is 0 Å². The first kappa shape index (κ1) is 20.9. The highest BCUT2D eigenvalue weighted by atomic mass is 16.2. The van der Waals surface area contributed by atoms with Gasteiger partial charge in [0.2, 0.25) is 5.91 Å². The number of aromatic amines is 1. The number of aryl methyl sites for hydroxylation is 1. The van der Waals surface area contributed by atoms with E-state index in [1.54, 1.807) is 0 Å². The molecule has 2 fully saturated rings. The van der Waals surface area contributed by atoms with E-state index < -0.39 is 0 Å². The Labute approximate surface area is 189 Å². The van der Waals surface area contributed by atoms with Crippen LogP contribution in [0, 0.1) is 12.8 Å². The number of anilines is 1. The van der Waals surface area contributed by atoms with E-state index >= 15 is 0 Å². The maximum absolute atomic E-state index is 12.7. The number of hydrogen-bond acceptors (Lipinski definition) is 5. The van der Waals surface area contributed by atoms with Crippen LogP contribution < -0.4 is 5.32 Å². The first-order chi connectivity index (χ1) is 15.7. The molecule has 0 spiro atoms. The van der Waals surface area contributed by atoms with E-state index in [1.807, 2.05) is 30.0 Å². The van der Waals surface area contributed by atoms with Gasteiger partial charge in [-0.15, -0.1) is 0 Å². The number of carbonyl (C=O) groups is 1. The molecule has 2 aliphatic rings. The molecule has 0 aromatic carbocycles. The number of pyridine rings is 2. The topological polar surface area (TPSA) is 86.8 Å². The summed E-state index contributed by atoms with van der Waals surface area (Å²) in [5.41, 5.74) is 3.81. The van der Waals surface area contributed by atoms with E-state index in [0.717, 1.165) is 65.8 Å². The van der Waals surface area contributed by atoms with Crippen molar-refractivity contribution in [2.45, 2.75) is 64.3 Å². The quantitative estimate of drug-likeness (QED) is 0.572. The fourth-order valence-corrected chi connectivity index (χ4v) is 5.17. The highest BCUT2D eigenvalue weighted by molar-refractivity contribution is 5.87. The van der Waals surface area contributed by atoms with Crippen LogP contribution in [0.15, 0.2) is 30.3 Å². The maximum atomic E-state index is 12.7. The van der Waals surface area contributed by atoms with Crippen LogP contribution in [-0.2, 0) is 11.3 Å². The molecule has 32 heavy (non-hydrogen) atoms. The number of fused-ring (bicyclic) bond motifs is 1. The molecule has 168 valence electrons. The van der Waals surface area contributed by atoms with Gasteiger partial charge in [0.25, 0.3) is 0 Å². The van der Waals surface area contributed by atoms with Gasteiger partial charge in [-0.05, 0) is 49.9 Å². The van der Waals surface area contributed by atoms with E-state index in [9.17, 15) is 4.79 Å². The third-order valence-electron chi connectivity index (χ3n) is 7.03. The Morgan fingerprint density at radius 3 is 2.88 bits per heavy atom. The second kappa shape index (κ2) is 9.27. The second-order valence-corrected chi connectivity index (χ2v) is 9.34. The lowest BCUT2D eigenvalue weighted by molar-refractivity contribution is -0.130. The smallest absolute Gasteiger partial charge is 0.222 e. The zero-order valence-electron chi connectivity index (χ0n) is 18.8. The molecular weight excluding hydrogens is 400 g/mol. The fraction of sp³-hybridized carbons (Fsp3) is 0.520. The van der Waals surface area contributed by atoms with Gasteiger partial charge in [-0.25, -0.2) is 4.98 Å². The minimum Gasteiger partial charge on any atom is -0.362 e. The van der Waals surface area contributed by atoms with Crippen molar-refractivity contribution in [2.24, 2.45) is 5.92 Å². The molecule has 1 unspecified atom stereocenters. The fourth-order valence-electron chi connectivity index (χ4n) is 5.17. The average Bonchev–Trinajstić information content (AvgIpc) is 3.57. The maximum Gasteiger partial charge on any atom is 0.222 e. The molecule has 0 radical (unpaired) electrons. The molecule has 5 rings (SSSR count). The van der Waals surface area contributed by atoms with Crippen molar-refractivity contribution in [3.05, 3.63) is 47.4 Å². The molecule has 7 nitrogen and oxygen atoms in total. The third-order valence-corrected chi connectivity index (χ3v) is 7.03. The molecule has 7 heteroatoms. The number of H-pyrrole nitrogens is 1. The van der Waals surface area contributed by atoms with E-state index in [1.165, 1.54) is 25.7 Å². The van der Waals surface area contributed by atoms with Crippen LogP contribution in [0.4, 0.5) is 5.82 Å². The number of likely N-dealkylation sites (tertiary alicyclic amines) is 1. The van der Waals surface area contributed by atoms with Gasteiger partial charge < -0.3 is 10.2 Å². The number of carbonyl (C=O) groups excluding carboxylic acids is 1. The SMILES string of the molecule is Cc1cccc(CNc2n[nH]c3nc(C4CCN(C(=O)CCC5CCCC5)C4)ccc23)n1. The number of aromatic nitrogens is 4. The summed E-state index contributed by atoms with van der Waals surface area (Å²) in [7, 11) is 0. The Kier molecular flexibility index (Phi) is 6.06. The third kappa shape index (κ3) is 4.61. The summed E-state index contributed by atoms with van der Waals surface area (Å²) in [6, 6.07) is 10.2. The van der Waals surface area contributed by atoms with Crippen molar-refractivity contribution in [3.63, 3.8) is 0 Å². The molecule has 4 heterocycles. The lowest BCUT2D eigenvalue weighted by Crippen LogP contribution is -2.28. The summed E-state index contributed by atoms with van der Waals surface area (Å²) in [5.74, 6) is 2.17. The molecule has 2 N–H and O–H groups in total. The van der Waals surface area contributed by atoms with Crippen LogP contribution in [0.1, 0.15) is 67.9 Å². The van der Waals surface area contributed by atoms with Crippen LogP contribution in [0.5, 0.6) is 0 Å².